The highest BCUT2D eigenvalue weighted by Gasteiger charge is 2.24. The Bertz CT molecular complexity index is 370. The molecule has 6 N–H and O–H groups in total. The second-order valence-electron chi connectivity index (χ2n) is 3.79. The van der Waals surface area contributed by atoms with E-state index in [0.717, 1.165) is 0 Å². The quantitative estimate of drug-likeness (QED) is 0.362. The van der Waals surface area contributed by atoms with Gasteiger partial charge in [0.25, 0.3) is 0 Å². The van der Waals surface area contributed by atoms with Crippen molar-refractivity contribution in [2.75, 3.05) is 7.11 Å². The molecule has 0 aromatic rings. The largest absolute Gasteiger partial charge is 0.480 e. The summed E-state index contributed by atoms with van der Waals surface area (Å²) in [5.41, 5.74) is 10.2. The molecule has 0 aliphatic carbocycles. The van der Waals surface area contributed by atoms with Gasteiger partial charge in [-0.15, -0.1) is 0 Å². The Morgan fingerprint density at radius 1 is 1.32 bits per heavy atom. The van der Waals surface area contributed by atoms with Gasteiger partial charge in [-0.25, -0.2) is 4.79 Å². The second kappa shape index (κ2) is 8.03. The molecule has 0 spiro atoms. The number of methoxy groups -OCH3 is 1. The number of carbonyl (C=O) groups is 4. The summed E-state index contributed by atoms with van der Waals surface area (Å²) in [6, 6.07) is -2.51. The third-order valence-electron chi connectivity index (χ3n) is 2.24. The zero-order valence-corrected chi connectivity index (χ0v) is 10.4. The van der Waals surface area contributed by atoms with E-state index in [9.17, 15) is 19.2 Å². The van der Waals surface area contributed by atoms with Crippen molar-refractivity contribution in [2.24, 2.45) is 11.5 Å². The maximum Gasteiger partial charge on any atom is 0.326 e. The lowest BCUT2D eigenvalue weighted by atomic mass is 10.1. The van der Waals surface area contributed by atoms with Crippen molar-refractivity contribution in [3.8, 4) is 0 Å². The van der Waals surface area contributed by atoms with E-state index in [-0.39, 0.29) is 12.8 Å². The number of aliphatic carboxylic acids is 1. The van der Waals surface area contributed by atoms with Crippen LogP contribution in [0.25, 0.3) is 0 Å². The van der Waals surface area contributed by atoms with Crippen LogP contribution in [0.2, 0.25) is 0 Å². The summed E-state index contributed by atoms with van der Waals surface area (Å²) in [7, 11) is 1.17. The number of rotatable bonds is 8. The van der Waals surface area contributed by atoms with Gasteiger partial charge in [-0.3, -0.25) is 14.4 Å². The van der Waals surface area contributed by atoms with Gasteiger partial charge in [-0.2, -0.15) is 0 Å². The van der Waals surface area contributed by atoms with E-state index >= 15 is 0 Å². The Balaban J connectivity index is 4.41. The fraction of sp³-hybridized carbons (Fsp3) is 0.600. The molecule has 19 heavy (non-hydrogen) atoms. The first kappa shape index (κ1) is 16.8. The third kappa shape index (κ3) is 6.99. The molecule has 108 valence electrons. The van der Waals surface area contributed by atoms with Gasteiger partial charge in [0, 0.05) is 6.42 Å². The molecule has 0 aromatic heterocycles. The van der Waals surface area contributed by atoms with Gasteiger partial charge >= 0.3 is 11.9 Å². The van der Waals surface area contributed by atoms with Crippen molar-refractivity contribution in [1.29, 1.82) is 0 Å². The number of nitrogens with two attached hydrogens (primary N) is 2. The molecule has 0 heterocycles. The van der Waals surface area contributed by atoms with Crippen LogP contribution in [0.1, 0.15) is 19.3 Å². The van der Waals surface area contributed by atoms with Gasteiger partial charge in [0.2, 0.25) is 11.8 Å². The average Bonchev–Trinajstić information content (AvgIpc) is 2.32. The summed E-state index contributed by atoms with van der Waals surface area (Å²) in [5, 5.41) is 11.0. The van der Waals surface area contributed by atoms with Crippen LogP contribution in [0.15, 0.2) is 0 Å². The molecule has 2 unspecified atom stereocenters. The van der Waals surface area contributed by atoms with E-state index in [2.05, 4.69) is 10.1 Å². The predicted molar refractivity (Wildman–Crippen MR) is 62.6 cm³/mol. The molecule has 0 saturated heterocycles. The van der Waals surface area contributed by atoms with Crippen LogP contribution in [0.4, 0.5) is 0 Å². The average molecular weight is 275 g/mol. The summed E-state index contributed by atoms with van der Waals surface area (Å²) >= 11 is 0. The fourth-order valence-electron chi connectivity index (χ4n) is 1.21. The first-order valence-corrected chi connectivity index (χ1v) is 5.41. The highest BCUT2D eigenvalue weighted by molar-refractivity contribution is 5.90. The van der Waals surface area contributed by atoms with Gasteiger partial charge < -0.3 is 26.6 Å². The maximum absolute atomic E-state index is 11.5. The minimum atomic E-state index is -1.32. The summed E-state index contributed by atoms with van der Waals surface area (Å²) < 4.78 is 4.35. The number of hydrogen-bond donors (Lipinski definition) is 4. The number of carbonyl (C=O) groups excluding carboxylic acids is 3. The zero-order valence-electron chi connectivity index (χ0n) is 10.4. The Labute approximate surface area is 109 Å². The first-order valence-electron chi connectivity index (χ1n) is 5.41. The molecule has 9 heteroatoms. The summed E-state index contributed by atoms with van der Waals surface area (Å²) in [6.07, 6.45) is -0.703. The number of carboxylic acid groups (broad SMARTS) is 1. The Morgan fingerprint density at radius 2 is 1.89 bits per heavy atom. The van der Waals surface area contributed by atoms with E-state index in [1.165, 1.54) is 7.11 Å². The van der Waals surface area contributed by atoms with Gasteiger partial charge in [-0.05, 0) is 6.42 Å². The minimum absolute atomic E-state index is 0.142. The van der Waals surface area contributed by atoms with Crippen molar-refractivity contribution in [1.82, 2.24) is 5.32 Å². The molecular formula is C10H17N3O6. The number of nitrogens with one attached hydrogen (secondary N) is 1. The van der Waals surface area contributed by atoms with Gasteiger partial charge in [0.15, 0.2) is 0 Å². The molecule has 2 amide bonds. The number of carboxylic acids is 1. The second-order valence-corrected chi connectivity index (χ2v) is 3.79. The molecule has 2 atom stereocenters. The highest BCUT2D eigenvalue weighted by atomic mass is 16.5. The molecular weight excluding hydrogens is 258 g/mol. The molecule has 0 aromatic carbocycles. The smallest absolute Gasteiger partial charge is 0.326 e. The number of hydrogen-bond acceptors (Lipinski definition) is 6. The standard InChI is InChI=1S/C10H17N3O6/c1-19-8(15)3-2-6(10(17)18)13-9(16)5(11)4-7(12)14/h5-6H,2-4,11H2,1H3,(H2,12,14)(H,13,16)(H,17,18). The Hall–Kier alpha value is -2.16. The zero-order chi connectivity index (χ0) is 15.0. The van der Waals surface area contributed by atoms with Crippen LogP contribution in [-0.2, 0) is 23.9 Å². The van der Waals surface area contributed by atoms with E-state index < -0.39 is 42.3 Å². The monoisotopic (exact) mass is 275 g/mol. The molecule has 0 bridgehead atoms. The topological polar surface area (TPSA) is 162 Å². The fourth-order valence-corrected chi connectivity index (χ4v) is 1.21. The molecule has 0 radical (unpaired) electrons. The van der Waals surface area contributed by atoms with Crippen LogP contribution in [0.5, 0.6) is 0 Å². The number of ether oxygens (including phenoxy) is 1. The van der Waals surface area contributed by atoms with Crippen LogP contribution in [-0.4, -0.2) is 48.1 Å². The van der Waals surface area contributed by atoms with E-state index in [1.54, 1.807) is 0 Å². The van der Waals surface area contributed by atoms with Gasteiger partial charge in [-0.1, -0.05) is 0 Å². The molecule has 0 aliphatic rings. The van der Waals surface area contributed by atoms with Crippen molar-refractivity contribution in [2.45, 2.75) is 31.3 Å². The molecule has 0 saturated carbocycles. The minimum Gasteiger partial charge on any atom is -0.480 e. The maximum atomic E-state index is 11.5. The van der Waals surface area contributed by atoms with Crippen LogP contribution < -0.4 is 16.8 Å². The van der Waals surface area contributed by atoms with E-state index in [4.69, 9.17) is 16.6 Å². The van der Waals surface area contributed by atoms with E-state index in [0.29, 0.717) is 0 Å². The lowest BCUT2D eigenvalue weighted by Gasteiger charge is -2.16. The number of amides is 2. The lowest BCUT2D eigenvalue weighted by molar-refractivity contribution is -0.144. The third-order valence-corrected chi connectivity index (χ3v) is 2.24. The van der Waals surface area contributed by atoms with Gasteiger partial charge in [0.1, 0.15) is 6.04 Å². The molecule has 9 nitrogen and oxygen atoms in total. The van der Waals surface area contributed by atoms with Crippen molar-refractivity contribution < 1.29 is 29.0 Å². The number of primary amides is 1. The predicted octanol–water partition coefficient (Wildman–Crippen LogP) is -2.29. The van der Waals surface area contributed by atoms with Crippen molar-refractivity contribution in [3.05, 3.63) is 0 Å². The normalized spacial score (nSPS) is 13.2. The van der Waals surface area contributed by atoms with Crippen molar-refractivity contribution in [3.63, 3.8) is 0 Å². The Kier molecular flexibility index (Phi) is 7.12. The molecule has 0 rings (SSSR count). The molecule has 0 aliphatic heterocycles. The summed E-state index contributed by atoms with van der Waals surface area (Å²) in [6.45, 7) is 0. The Morgan fingerprint density at radius 3 is 2.32 bits per heavy atom. The first-order chi connectivity index (χ1) is 8.77. The van der Waals surface area contributed by atoms with Gasteiger partial charge in [0.05, 0.1) is 19.6 Å². The lowest BCUT2D eigenvalue weighted by Crippen LogP contribution is -2.49. The molecule has 0 fully saturated rings. The summed E-state index contributed by atoms with van der Waals surface area (Å²) in [5.74, 6) is -3.51. The van der Waals surface area contributed by atoms with Crippen LogP contribution in [0.3, 0.4) is 0 Å². The highest BCUT2D eigenvalue weighted by Crippen LogP contribution is 2.00. The van der Waals surface area contributed by atoms with Crippen molar-refractivity contribution >= 4 is 23.8 Å². The van der Waals surface area contributed by atoms with Crippen LogP contribution >= 0.6 is 0 Å². The van der Waals surface area contributed by atoms with E-state index in [1.807, 2.05) is 0 Å². The number of esters is 1. The summed E-state index contributed by atoms with van der Waals surface area (Å²) in [4.78, 5) is 43.8. The van der Waals surface area contributed by atoms with Crippen LogP contribution in [0, 0.1) is 0 Å². The SMILES string of the molecule is COC(=O)CCC(NC(=O)C(N)CC(N)=O)C(=O)O.